The third-order valence-electron chi connectivity index (χ3n) is 3.84. The Morgan fingerprint density at radius 1 is 1.29 bits per heavy atom. The number of nitro benzene ring substituents is 1. The minimum absolute atomic E-state index is 0.00446. The van der Waals surface area contributed by atoms with Crippen molar-refractivity contribution in [3.63, 3.8) is 0 Å². The van der Waals surface area contributed by atoms with Gasteiger partial charge in [-0.3, -0.25) is 14.9 Å². The number of benzene rings is 1. The van der Waals surface area contributed by atoms with Gasteiger partial charge in [-0.15, -0.1) is 0 Å². The van der Waals surface area contributed by atoms with Crippen LogP contribution in [-0.2, 0) is 0 Å². The lowest BCUT2D eigenvalue weighted by atomic mass is 9.83. The summed E-state index contributed by atoms with van der Waals surface area (Å²) < 4.78 is 0. The van der Waals surface area contributed by atoms with Gasteiger partial charge in [0.2, 0.25) is 0 Å². The van der Waals surface area contributed by atoms with Gasteiger partial charge < -0.3 is 5.32 Å². The fourth-order valence-electron chi connectivity index (χ4n) is 2.64. The lowest BCUT2D eigenvalue weighted by molar-refractivity contribution is -0.384. The van der Waals surface area contributed by atoms with Gasteiger partial charge in [-0.05, 0) is 25.8 Å². The van der Waals surface area contributed by atoms with Gasteiger partial charge in [0.1, 0.15) is 5.02 Å². The molecule has 0 aromatic heterocycles. The Kier molecular flexibility index (Phi) is 4.74. The first-order valence-electron chi connectivity index (χ1n) is 6.78. The first-order valence-corrected chi connectivity index (χ1v) is 7.54. The zero-order chi connectivity index (χ0) is 15.6. The molecule has 1 fully saturated rings. The Morgan fingerprint density at radius 2 is 1.90 bits per heavy atom. The fraction of sp³-hybridized carbons (Fsp3) is 0.500. The molecule has 0 heterocycles. The van der Waals surface area contributed by atoms with E-state index in [1.807, 2.05) is 6.92 Å². The number of hydrogen-bond donors (Lipinski definition) is 1. The molecule has 1 aromatic carbocycles. The average Bonchev–Trinajstić information content (AvgIpc) is 2.41. The van der Waals surface area contributed by atoms with E-state index in [4.69, 9.17) is 23.2 Å². The third-order valence-corrected chi connectivity index (χ3v) is 4.63. The zero-order valence-corrected chi connectivity index (χ0v) is 13.1. The van der Waals surface area contributed by atoms with Gasteiger partial charge in [0.05, 0.1) is 9.95 Å². The maximum Gasteiger partial charge on any atom is 0.290 e. The van der Waals surface area contributed by atoms with Crippen LogP contribution in [0.1, 0.15) is 49.4 Å². The maximum absolute atomic E-state index is 12.3. The molecule has 0 saturated heterocycles. The summed E-state index contributed by atoms with van der Waals surface area (Å²) in [6.45, 7) is 2.00. The molecular formula is C14H16Cl2N2O3. The molecule has 114 valence electrons. The molecule has 21 heavy (non-hydrogen) atoms. The standard InChI is InChI=1S/C14H16Cl2N2O3/c1-14(5-3-2-4-6-14)17-13(19)9-7-10(15)12(16)11(8-9)18(20)21/h7-8H,2-6H2,1H3,(H,17,19). The van der Waals surface area contributed by atoms with E-state index in [1.54, 1.807) is 0 Å². The number of nitrogens with one attached hydrogen (secondary N) is 1. The largest absolute Gasteiger partial charge is 0.347 e. The van der Waals surface area contributed by atoms with Crippen molar-refractivity contribution in [1.29, 1.82) is 0 Å². The molecule has 0 bridgehead atoms. The SMILES string of the molecule is CC1(NC(=O)c2cc(Cl)c(Cl)c([N+](=O)[O-])c2)CCCCC1. The number of amides is 1. The van der Waals surface area contributed by atoms with Crippen molar-refractivity contribution >= 4 is 34.8 Å². The van der Waals surface area contributed by atoms with Crippen molar-refractivity contribution < 1.29 is 9.72 Å². The molecule has 0 spiro atoms. The number of hydrogen-bond acceptors (Lipinski definition) is 3. The Labute approximate surface area is 132 Å². The number of carbonyl (C=O) groups excluding carboxylic acids is 1. The number of halogens is 2. The van der Waals surface area contributed by atoms with Crippen LogP contribution >= 0.6 is 23.2 Å². The zero-order valence-electron chi connectivity index (χ0n) is 11.6. The molecule has 1 amide bonds. The first kappa shape index (κ1) is 16.0. The fourth-order valence-corrected chi connectivity index (χ4v) is 3.03. The van der Waals surface area contributed by atoms with Crippen molar-refractivity contribution in [3.05, 3.63) is 37.9 Å². The molecule has 0 radical (unpaired) electrons. The van der Waals surface area contributed by atoms with Crippen LogP contribution in [0, 0.1) is 10.1 Å². The molecule has 1 saturated carbocycles. The van der Waals surface area contributed by atoms with E-state index in [2.05, 4.69) is 5.32 Å². The third kappa shape index (κ3) is 3.66. The molecule has 7 heteroatoms. The van der Waals surface area contributed by atoms with E-state index in [-0.39, 0.29) is 32.7 Å². The van der Waals surface area contributed by atoms with Crippen molar-refractivity contribution in [1.82, 2.24) is 5.32 Å². The summed E-state index contributed by atoms with van der Waals surface area (Å²) in [5.74, 6) is -0.360. The van der Waals surface area contributed by atoms with Crippen molar-refractivity contribution in [2.75, 3.05) is 0 Å². The van der Waals surface area contributed by atoms with Gasteiger partial charge in [-0.25, -0.2) is 0 Å². The van der Waals surface area contributed by atoms with Crippen LogP contribution in [0.15, 0.2) is 12.1 Å². The van der Waals surface area contributed by atoms with Crippen LogP contribution in [0.2, 0.25) is 10.0 Å². The normalized spacial score (nSPS) is 17.3. The minimum atomic E-state index is -0.646. The second-order valence-corrected chi connectivity index (χ2v) is 6.41. The summed E-state index contributed by atoms with van der Waals surface area (Å²) >= 11 is 11.6. The van der Waals surface area contributed by atoms with Gasteiger partial charge >= 0.3 is 0 Å². The molecule has 0 atom stereocenters. The second-order valence-electron chi connectivity index (χ2n) is 5.62. The monoisotopic (exact) mass is 330 g/mol. The second kappa shape index (κ2) is 6.20. The highest BCUT2D eigenvalue weighted by Crippen LogP contribution is 2.34. The summed E-state index contributed by atoms with van der Waals surface area (Å²) in [6, 6.07) is 2.52. The summed E-state index contributed by atoms with van der Waals surface area (Å²) in [5.41, 5.74) is -0.470. The van der Waals surface area contributed by atoms with Crippen LogP contribution in [-0.4, -0.2) is 16.4 Å². The van der Waals surface area contributed by atoms with Crippen LogP contribution in [0.25, 0.3) is 0 Å². The van der Waals surface area contributed by atoms with E-state index < -0.39 is 4.92 Å². The summed E-state index contributed by atoms with van der Waals surface area (Å²) in [4.78, 5) is 22.6. The Bertz CT molecular complexity index is 584. The lowest BCUT2D eigenvalue weighted by Gasteiger charge is -2.34. The van der Waals surface area contributed by atoms with Gasteiger partial charge in [-0.2, -0.15) is 0 Å². The first-order chi connectivity index (χ1) is 9.82. The molecular weight excluding hydrogens is 315 g/mol. The van der Waals surface area contributed by atoms with E-state index in [9.17, 15) is 14.9 Å². The van der Waals surface area contributed by atoms with E-state index in [0.717, 1.165) is 31.7 Å². The van der Waals surface area contributed by atoms with Gasteiger partial charge in [0.25, 0.3) is 11.6 Å². The topological polar surface area (TPSA) is 72.2 Å². The van der Waals surface area contributed by atoms with Crippen LogP contribution in [0.4, 0.5) is 5.69 Å². The number of nitrogens with zero attached hydrogens (tertiary/aromatic N) is 1. The molecule has 1 N–H and O–H groups in total. The van der Waals surface area contributed by atoms with Gasteiger partial charge in [0, 0.05) is 17.2 Å². The molecule has 5 nitrogen and oxygen atoms in total. The Morgan fingerprint density at radius 3 is 2.48 bits per heavy atom. The van der Waals surface area contributed by atoms with Crippen LogP contribution in [0.5, 0.6) is 0 Å². The number of nitro groups is 1. The van der Waals surface area contributed by atoms with Crippen molar-refractivity contribution in [2.45, 2.75) is 44.6 Å². The van der Waals surface area contributed by atoms with Gasteiger partial charge in [0.15, 0.2) is 0 Å². The van der Waals surface area contributed by atoms with E-state index in [1.165, 1.54) is 12.5 Å². The summed E-state index contributed by atoms with van der Waals surface area (Å²) in [6.07, 6.45) is 5.12. The van der Waals surface area contributed by atoms with E-state index >= 15 is 0 Å². The Balaban J connectivity index is 2.25. The molecule has 0 unspecified atom stereocenters. The summed E-state index contributed by atoms with van der Waals surface area (Å²) in [5, 5.41) is 13.7. The average molecular weight is 331 g/mol. The number of carbonyl (C=O) groups is 1. The molecule has 1 aliphatic rings. The molecule has 1 aromatic rings. The predicted molar refractivity (Wildman–Crippen MR) is 82.1 cm³/mol. The summed E-state index contributed by atoms with van der Waals surface area (Å²) in [7, 11) is 0. The molecule has 2 rings (SSSR count). The van der Waals surface area contributed by atoms with Crippen LogP contribution < -0.4 is 5.32 Å². The van der Waals surface area contributed by atoms with E-state index in [0.29, 0.717) is 0 Å². The van der Waals surface area contributed by atoms with Crippen molar-refractivity contribution in [2.24, 2.45) is 0 Å². The minimum Gasteiger partial charge on any atom is -0.347 e. The highest BCUT2D eigenvalue weighted by molar-refractivity contribution is 6.43. The van der Waals surface area contributed by atoms with Crippen LogP contribution in [0.3, 0.4) is 0 Å². The smallest absolute Gasteiger partial charge is 0.290 e. The lowest BCUT2D eigenvalue weighted by Crippen LogP contribution is -2.47. The van der Waals surface area contributed by atoms with Crippen molar-refractivity contribution in [3.8, 4) is 0 Å². The predicted octanol–water partition coefficient (Wildman–Crippen LogP) is 4.35. The molecule has 1 aliphatic carbocycles. The van der Waals surface area contributed by atoms with Gasteiger partial charge in [-0.1, -0.05) is 42.5 Å². The highest BCUT2D eigenvalue weighted by Gasteiger charge is 2.29. The Hall–Kier alpha value is -1.33. The highest BCUT2D eigenvalue weighted by atomic mass is 35.5. The molecule has 0 aliphatic heterocycles. The number of rotatable bonds is 3. The quantitative estimate of drug-likeness (QED) is 0.661. The maximum atomic E-state index is 12.3.